The van der Waals surface area contributed by atoms with E-state index in [-0.39, 0.29) is 12.6 Å². The lowest BCUT2D eigenvalue weighted by Gasteiger charge is -2.26. The van der Waals surface area contributed by atoms with E-state index >= 15 is 0 Å². The first-order valence-electron chi connectivity index (χ1n) is 5.67. The van der Waals surface area contributed by atoms with E-state index in [1.54, 1.807) is 18.7 Å². The Kier molecular flexibility index (Phi) is 5.85. The highest BCUT2D eigenvalue weighted by atomic mass is 16.4. The van der Waals surface area contributed by atoms with Crippen molar-refractivity contribution in [1.29, 1.82) is 0 Å². The van der Waals surface area contributed by atoms with Crippen molar-refractivity contribution in [2.24, 2.45) is 5.41 Å². The van der Waals surface area contributed by atoms with E-state index in [4.69, 9.17) is 5.11 Å². The van der Waals surface area contributed by atoms with Gasteiger partial charge >= 0.3 is 12.0 Å². The molecule has 0 aliphatic rings. The fourth-order valence-electron chi connectivity index (χ4n) is 1.25. The van der Waals surface area contributed by atoms with Gasteiger partial charge in [-0.1, -0.05) is 6.92 Å². The number of hydrogen-bond acceptors (Lipinski definition) is 2. The maximum absolute atomic E-state index is 11.6. The molecule has 0 spiro atoms. The van der Waals surface area contributed by atoms with Gasteiger partial charge in [-0.25, -0.2) is 4.79 Å². The van der Waals surface area contributed by atoms with Crippen LogP contribution in [0.25, 0.3) is 0 Å². The van der Waals surface area contributed by atoms with E-state index in [1.165, 1.54) is 0 Å². The number of carbonyl (C=O) groups is 2. The van der Waals surface area contributed by atoms with Gasteiger partial charge < -0.3 is 15.3 Å². The third-order valence-corrected chi connectivity index (χ3v) is 2.98. The smallest absolute Gasteiger partial charge is 0.317 e. The van der Waals surface area contributed by atoms with Gasteiger partial charge in [-0.05, 0) is 27.2 Å². The molecule has 2 N–H and O–H groups in total. The van der Waals surface area contributed by atoms with Crippen molar-refractivity contribution in [1.82, 2.24) is 10.2 Å². The van der Waals surface area contributed by atoms with Crippen molar-refractivity contribution in [3.8, 4) is 0 Å². The zero-order chi connectivity index (χ0) is 12.8. The lowest BCUT2D eigenvalue weighted by Crippen LogP contribution is -2.46. The van der Waals surface area contributed by atoms with Crippen molar-refractivity contribution >= 4 is 12.0 Å². The van der Waals surface area contributed by atoms with E-state index in [0.29, 0.717) is 19.5 Å². The molecule has 0 saturated heterocycles. The molecule has 2 amide bonds. The van der Waals surface area contributed by atoms with Crippen molar-refractivity contribution in [3.63, 3.8) is 0 Å². The molecule has 0 bridgehead atoms. The summed E-state index contributed by atoms with van der Waals surface area (Å²) in [6, 6.07) is -0.203. The van der Waals surface area contributed by atoms with Crippen LogP contribution in [0.4, 0.5) is 4.79 Å². The summed E-state index contributed by atoms with van der Waals surface area (Å²) < 4.78 is 0. The molecule has 0 aromatic carbocycles. The van der Waals surface area contributed by atoms with Crippen molar-refractivity contribution < 1.29 is 14.7 Å². The molecule has 0 saturated carbocycles. The van der Waals surface area contributed by atoms with Gasteiger partial charge in [0.25, 0.3) is 0 Å². The van der Waals surface area contributed by atoms with Gasteiger partial charge in [-0.3, -0.25) is 4.79 Å². The SMILES string of the molecule is CCN(CC)C(=O)NCC(C)(CC)C(=O)O. The number of amides is 2. The lowest BCUT2D eigenvalue weighted by atomic mass is 9.88. The van der Waals surface area contributed by atoms with E-state index in [0.717, 1.165) is 0 Å². The first-order valence-corrected chi connectivity index (χ1v) is 5.67. The number of nitrogens with one attached hydrogen (secondary N) is 1. The minimum Gasteiger partial charge on any atom is -0.481 e. The average Bonchev–Trinajstić information content (AvgIpc) is 2.27. The highest BCUT2D eigenvalue weighted by Gasteiger charge is 2.31. The average molecular weight is 230 g/mol. The molecule has 0 aromatic rings. The Morgan fingerprint density at radius 3 is 2.06 bits per heavy atom. The molecular formula is C11H22N2O3. The van der Waals surface area contributed by atoms with Crippen LogP contribution < -0.4 is 5.32 Å². The van der Waals surface area contributed by atoms with E-state index in [2.05, 4.69) is 5.32 Å². The van der Waals surface area contributed by atoms with Crippen molar-refractivity contribution in [3.05, 3.63) is 0 Å². The molecule has 16 heavy (non-hydrogen) atoms. The van der Waals surface area contributed by atoms with E-state index in [9.17, 15) is 9.59 Å². The van der Waals surface area contributed by atoms with Gasteiger partial charge in [0, 0.05) is 19.6 Å². The van der Waals surface area contributed by atoms with Crippen LogP contribution in [-0.2, 0) is 4.79 Å². The Bertz CT molecular complexity index is 252. The second-order valence-corrected chi connectivity index (χ2v) is 4.05. The minimum atomic E-state index is -0.886. The molecule has 0 heterocycles. The molecular weight excluding hydrogens is 208 g/mol. The third kappa shape index (κ3) is 3.72. The fourth-order valence-corrected chi connectivity index (χ4v) is 1.25. The van der Waals surface area contributed by atoms with Crippen molar-refractivity contribution in [2.75, 3.05) is 19.6 Å². The fraction of sp³-hybridized carbons (Fsp3) is 0.818. The Hall–Kier alpha value is -1.26. The first-order chi connectivity index (χ1) is 7.41. The predicted molar refractivity (Wildman–Crippen MR) is 62.4 cm³/mol. The van der Waals surface area contributed by atoms with Crippen LogP contribution in [0.3, 0.4) is 0 Å². The van der Waals surface area contributed by atoms with Crippen LogP contribution in [0, 0.1) is 5.41 Å². The number of aliphatic carboxylic acids is 1. The summed E-state index contributed by atoms with van der Waals surface area (Å²) in [6.45, 7) is 8.62. The molecule has 0 rings (SSSR count). The molecule has 5 nitrogen and oxygen atoms in total. The molecule has 94 valence electrons. The van der Waals surface area contributed by atoms with Gasteiger partial charge in [0.1, 0.15) is 0 Å². The predicted octanol–water partition coefficient (Wildman–Crippen LogP) is 1.54. The van der Waals surface area contributed by atoms with E-state index < -0.39 is 11.4 Å². The lowest BCUT2D eigenvalue weighted by molar-refractivity contribution is -0.147. The number of carboxylic acids is 1. The highest BCUT2D eigenvalue weighted by Crippen LogP contribution is 2.19. The largest absolute Gasteiger partial charge is 0.481 e. The van der Waals surface area contributed by atoms with E-state index in [1.807, 2.05) is 13.8 Å². The van der Waals surface area contributed by atoms with Crippen LogP contribution in [0.1, 0.15) is 34.1 Å². The van der Waals surface area contributed by atoms with Crippen molar-refractivity contribution in [2.45, 2.75) is 34.1 Å². The third-order valence-electron chi connectivity index (χ3n) is 2.98. The summed E-state index contributed by atoms with van der Waals surface area (Å²) in [5, 5.41) is 11.7. The quantitative estimate of drug-likeness (QED) is 0.727. The summed E-state index contributed by atoms with van der Waals surface area (Å²) in [4.78, 5) is 24.2. The Labute approximate surface area is 96.8 Å². The van der Waals surface area contributed by atoms with Gasteiger partial charge in [-0.2, -0.15) is 0 Å². The number of rotatable bonds is 6. The molecule has 0 aromatic heterocycles. The van der Waals surface area contributed by atoms with Gasteiger partial charge in [-0.15, -0.1) is 0 Å². The number of carbonyl (C=O) groups excluding carboxylic acids is 1. The summed E-state index contributed by atoms with van der Waals surface area (Å²) in [6.07, 6.45) is 0.487. The molecule has 0 fully saturated rings. The van der Waals surface area contributed by atoms with Crippen LogP contribution in [0.5, 0.6) is 0 Å². The number of carboxylic acid groups (broad SMARTS) is 1. The van der Waals surface area contributed by atoms with Gasteiger partial charge in [0.2, 0.25) is 0 Å². The topological polar surface area (TPSA) is 69.6 Å². The zero-order valence-corrected chi connectivity index (χ0v) is 10.5. The summed E-state index contributed by atoms with van der Waals surface area (Å²) >= 11 is 0. The normalized spacial score (nSPS) is 14.0. The molecule has 5 heteroatoms. The minimum absolute atomic E-state index is 0.161. The van der Waals surface area contributed by atoms with Gasteiger partial charge in [0.15, 0.2) is 0 Å². The second-order valence-electron chi connectivity index (χ2n) is 4.05. The summed E-state index contributed by atoms with van der Waals surface area (Å²) in [7, 11) is 0. The second kappa shape index (κ2) is 6.35. The van der Waals surface area contributed by atoms with Crippen LogP contribution in [-0.4, -0.2) is 41.6 Å². The van der Waals surface area contributed by atoms with Gasteiger partial charge in [0.05, 0.1) is 5.41 Å². The molecule has 1 unspecified atom stereocenters. The zero-order valence-electron chi connectivity index (χ0n) is 10.5. The van der Waals surface area contributed by atoms with Crippen LogP contribution in [0.2, 0.25) is 0 Å². The summed E-state index contributed by atoms with van der Waals surface area (Å²) in [5.74, 6) is -0.880. The standard InChI is InChI=1S/C11H22N2O3/c1-5-11(4,9(14)15)8-12-10(16)13(6-2)7-3/h5-8H2,1-4H3,(H,12,16)(H,14,15). The molecule has 1 atom stereocenters. The van der Waals surface area contributed by atoms with Crippen LogP contribution >= 0.6 is 0 Å². The maximum atomic E-state index is 11.6. The highest BCUT2D eigenvalue weighted by molar-refractivity contribution is 5.77. The molecule has 0 aliphatic heterocycles. The Morgan fingerprint density at radius 1 is 1.25 bits per heavy atom. The summed E-state index contributed by atoms with van der Waals surface area (Å²) in [5.41, 5.74) is -0.886. The number of hydrogen-bond donors (Lipinski definition) is 2. The monoisotopic (exact) mass is 230 g/mol. The Balaban J connectivity index is 4.32. The maximum Gasteiger partial charge on any atom is 0.317 e. The Morgan fingerprint density at radius 2 is 1.75 bits per heavy atom. The number of urea groups is 1. The number of nitrogens with zero attached hydrogens (tertiary/aromatic N) is 1. The first kappa shape index (κ1) is 14.7. The van der Waals surface area contributed by atoms with Crippen LogP contribution in [0.15, 0.2) is 0 Å². The molecule has 0 radical (unpaired) electrons. The molecule has 0 aliphatic carbocycles.